The third-order valence-corrected chi connectivity index (χ3v) is 5.13. The zero-order valence-corrected chi connectivity index (χ0v) is 13.2. The van der Waals surface area contributed by atoms with Gasteiger partial charge in [-0.15, -0.1) is 0 Å². The van der Waals surface area contributed by atoms with Gasteiger partial charge in [-0.2, -0.15) is 0 Å². The van der Waals surface area contributed by atoms with Crippen LogP contribution in [0.3, 0.4) is 0 Å². The van der Waals surface area contributed by atoms with Gasteiger partial charge >= 0.3 is 0 Å². The fraction of sp³-hybridized carbons (Fsp3) is 0.0769. The molecule has 0 heterocycles. The molecule has 0 aliphatic rings. The van der Waals surface area contributed by atoms with Crippen LogP contribution >= 0.6 is 0 Å². The molecule has 0 aliphatic heterocycles. The summed E-state index contributed by atoms with van der Waals surface area (Å²) >= 11 is 0. The van der Waals surface area contributed by atoms with Crippen molar-refractivity contribution < 1.29 is 21.6 Å². The average Bonchev–Trinajstić information content (AvgIpc) is 2.47. The second kappa shape index (κ2) is 5.95. The first-order valence-electron chi connectivity index (χ1n) is 6.03. The fourth-order valence-corrected chi connectivity index (χ4v) is 3.62. The van der Waals surface area contributed by atoms with Crippen molar-refractivity contribution in [2.24, 2.45) is 5.14 Å². The number of primary sulfonamides is 1. The van der Waals surface area contributed by atoms with Crippen LogP contribution in [0.4, 0.5) is 5.69 Å². The Kier molecular flexibility index (Phi) is 4.40. The Balaban J connectivity index is 2.50. The number of benzene rings is 2. The molecule has 0 aromatic heterocycles. The van der Waals surface area contributed by atoms with Gasteiger partial charge in [0.1, 0.15) is 10.6 Å². The van der Waals surface area contributed by atoms with Gasteiger partial charge in [0, 0.05) is 6.07 Å². The van der Waals surface area contributed by atoms with E-state index in [1.807, 2.05) is 0 Å². The molecule has 0 fully saturated rings. The molecule has 3 N–H and O–H groups in total. The SMILES string of the molecule is COc1ccc(NS(=O)(=O)c2ccccc2)c(S(N)(=O)=O)c1. The zero-order valence-electron chi connectivity index (χ0n) is 11.6. The van der Waals surface area contributed by atoms with Gasteiger partial charge in [-0.05, 0) is 24.3 Å². The third-order valence-electron chi connectivity index (χ3n) is 2.79. The second-order valence-electron chi connectivity index (χ2n) is 4.33. The van der Waals surface area contributed by atoms with Gasteiger partial charge in [-0.3, -0.25) is 4.72 Å². The highest BCUT2D eigenvalue weighted by Gasteiger charge is 2.20. The number of anilines is 1. The molecule has 0 atom stereocenters. The molecular formula is C13H14N2O5S2. The maximum Gasteiger partial charge on any atom is 0.261 e. The number of sulfonamides is 2. The van der Waals surface area contributed by atoms with E-state index in [0.717, 1.165) is 6.07 Å². The van der Waals surface area contributed by atoms with Gasteiger partial charge in [-0.25, -0.2) is 22.0 Å². The monoisotopic (exact) mass is 342 g/mol. The van der Waals surface area contributed by atoms with Gasteiger partial charge in [0.25, 0.3) is 10.0 Å². The van der Waals surface area contributed by atoms with Gasteiger partial charge in [0.2, 0.25) is 10.0 Å². The summed E-state index contributed by atoms with van der Waals surface area (Å²) in [5.74, 6) is 0.242. The number of hydrogen-bond donors (Lipinski definition) is 2. The van der Waals surface area contributed by atoms with Crippen molar-refractivity contribution in [3.8, 4) is 5.75 Å². The molecule has 0 saturated heterocycles. The van der Waals surface area contributed by atoms with Crippen molar-refractivity contribution in [2.75, 3.05) is 11.8 Å². The van der Waals surface area contributed by atoms with Crippen molar-refractivity contribution in [2.45, 2.75) is 9.79 Å². The van der Waals surface area contributed by atoms with E-state index >= 15 is 0 Å². The number of ether oxygens (including phenoxy) is 1. The Morgan fingerprint density at radius 2 is 1.64 bits per heavy atom. The molecule has 2 aromatic rings. The van der Waals surface area contributed by atoms with Crippen LogP contribution in [-0.2, 0) is 20.0 Å². The van der Waals surface area contributed by atoms with Gasteiger partial charge in [0.15, 0.2) is 0 Å². The lowest BCUT2D eigenvalue weighted by molar-refractivity contribution is 0.413. The molecule has 0 saturated carbocycles. The summed E-state index contributed by atoms with van der Waals surface area (Å²) < 4.78 is 54.9. The first-order chi connectivity index (χ1) is 10.2. The topological polar surface area (TPSA) is 116 Å². The highest BCUT2D eigenvalue weighted by Crippen LogP contribution is 2.27. The van der Waals surface area contributed by atoms with Crippen molar-refractivity contribution in [1.82, 2.24) is 0 Å². The van der Waals surface area contributed by atoms with Crippen LogP contribution in [0.25, 0.3) is 0 Å². The molecule has 0 bridgehead atoms. The minimum Gasteiger partial charge on any atom is -0.497 e. The summed E-state index contributed by atoms with van der Waals surface area (Å²) in [6, 6.07) is 11.4. The van der Waals surface area contributed by atoms with Crippen LogP contribution in [0.2, 0.25) is 0 Å². The highest BCUT2D eigenvalue weighted by atomic mass is 32.2. The standard InChI is InChI=1S/C13H14N2O5S2/c1-20-10-7-8-12(13(9-10)21(14,16)17)15-22(18,19)11-5-3-2-4-6-11/h2-9,15H,1H3,(H2,14,16,17). The molecule has 2 aromatic carbocycles. The lowest BCUT2D eigenvalue weighted by Crippen LogP contribution is -2.18. The summed E-state index contributed by atoms with van der Waals surface area (Å²) in [5.41, 5.74) is -0.146. The lowest BCUT2D eigenvalue weighted by atomic mass is 10.3. The summed E-state index contributed by atoms with van der Waals surface area (Å²) in [5, 5.41) is 5.12. The molecule has 7 nitrogen and oxygen atoms in total. The number of hydrogen-bond acceptors (Lipinski definition) is 5. The predicted molar refractivity (Wildman–Crippen MR) is 81.6 cm³/mol. The molecule has 0 unspecified atom stereocenters. The van der Waals surface area contributed by atoms with E-state index < -0.39 is 20.0 Å². The highest BCUT2D eigenvalue weighted by molar-refractivity contribution is 7.93. The number of rotatable bonds is 5. The average molecular weight is 342 g/mol. The van der Waals surface area contributed by atoms with E-state index in [-0.39, 0.29) is 21.2 Å². The van der Waals surface area contributed by atoms with E-state index in [1.165, 1.54) is 31.4 Å². The number of nitrogens with one attached hydrogen (secondary N) is 1. The normalized spacial score (nSPS) is 11.9. The van der Waals surface area contributed by atoms with Crippen LogP contribution in [0.1, 0.15) is 0 Å². The smallest absolute Gasteiger partial charge is 0.261 e. The van der Waals surface area contributed by atoms with E-state index in [4.69, 9.17) is 9.88 Å². The summed E-state index contributed by atoms with van der Waals surface area (Å²) in [4.78, 5) is -0.363. The van der Waals surface area contributed by atoms with E-state index in [0.29, 0.717) is 0 Å². The Hall–Kier alpha value is -2.10. The maximum absolute atomic E-state index is 12.3. The molecule has 0 amide bonds. The van der Waals surface area contributed by atoms with Gasteiger partial charge in [0.05, 0.1) is 17.7 Å². The molecule has 22 heavy (non-hydrogen) atoms. The number of methoxy groups -OCH3 is 1. The summed E-state index contributed by atoms with van der Waals surface area (Å²) in [7, 11) is -6.70. The van der Waals surface area contributed by atoms with E-state index in [2.05, 4.69) is 4.72 Å². The molecule has 9 heteroatoms. The van der Waals surface area contributed by atoms with Crippen molar-refractivity contribution >= 4 is 25.7 Å². The zero-order chi connectivity index (χ0) is 16.4. The Labute approximate surface area is 128 Å². The van der Waals surface area contributed by atoms with Crippen LogP contribution < -0.4 is 14.6 Å². The Bertz CT molecular complexity index is 878. The first-order valence-corrected chi connectivity index (χ1v) is 9.06. The first kappa shape index (κ1) is 16.3. The molecule has 2 rings (SSSR count). The summed E-state index contributed by atoms with van der Waals surface area (Å²) in [6.07, 6.45) is 0. The van der Waals surface area contributed by atoms with Gasteiger partial charge in [-0.1, -0.05) is 18.2 Å². The lowest BCUT2D eigenvalue weighted by Gasteiger charge is -2.12. The van der Waals surface area contributed by atoms with E-state index in [1.54, 1.807) is 18.2 Å². The Morgan fingerprint density at radius 3 is 2.18 bits per heavy atom. The fourth-order valence-electron chi connectivity index (χ4n) is 1.75. The maximum atomic E-state index is 12.3. The summed E-state index contributed by atoms with van der Waals surface area (Å²) in [6.45, 7) is 0. The Morgan fingerprint density at radius 1 is 1.00 bits per heavy atom. The second-order valence-corrected chi connectivity index (χ2v) is 7.54. The van der Waals surface area contributed by atoms with Crippen LogP contribution in [0.15, 0.2) is 58.3 Å². The molecule has 0 radical (unpaired) electrons. The van der Waals surface area contributed by atoms with Crippen molar-refractivity contribution in [1.29, 1.82) is 0 Å². The molecule has 0 spiro atoms. The minimum atomic E-state index is -4.13. The van der Waals surface area contributed by atoms with Crippen molar-refractivity contribution in [3.05, 3.63) is 48.5 Å². The minimum absolute atomic E-state index is 0.00573. The third kappa shape index (κ3) is 3.56. The quantitative estimate of drug-likeness (QED) is 0.845. The molecule has 0 aliphatic carbocycles. The number of nitrogens with two attached hydrogens (primary N) is 1. The van der Waals surface area contributed by atoms with Crippen LogP contribution in [0.5, 0.6) is 5.75 Å². The van der Waals surface area contributed by atoms with Gasteiger partial charge < -0.3 is 4.74 Å². The van der Waals surface area contributed by atoms with Crippen LogP contribution in [0, 0.1) is 0 Å². The van der Waals surface area contributed by atoms with E-state index in [9.17, 15) is 16.8 Å². The van der Waals surface area contributed by atoms with Crippen molar-refractivity contribution in [3.63, 3.8) is 0 Å². The predicted octanol–water partition coefficient (Wildman–Crippen LogP) is 1.14. The van der Waals surface area contributed by atoms with Crippen LogP contribution in [-0.4, -0.2) is 23.9 Å². The largest absolute Gasteiger partial charge is 0.497 e. The molecular weight excluding hydrogens is 328 g/mol. The molecule has 118 valence electrons.